The van der Waals surface area contributed by atoms with Gasteiger partial charge in [-0.15, -0.1) is 0 Å². The van der Waals surface area contributed by atoms with Gasteiger partial charge in [-0.1, -0.05) is 17.7 Å². The Morgan fingerprint density at radius 1 is 1.10 bits per heavy atom. The Morgan fingerprint density at radius 3 is 2.40 bits per heavy atom. The summed E-state index contributed by atoms with van der Waals surface area (Å²) in [5, 5.41) is 0.496. The molecule has 2 fully saturated rings. The number of sulfonamides is 1. The van der Waals surface area contributed by atoms with Crippen molar-refractivity contribution in [2.75, 3.05) is 32.7 Å². The van der Waals surface area contributed by atoms with E-state index in [1.807, 2.05) is 18.3 Å². The van der Waals surface area contributed by atoms with Gasteiger partial charge in [-0.25, -0.2) is 8.42 Å². The van der Waals surface area contributed by atoms with Gasteiger partial charge in [0.05, 0.1) is 11.4 Å². The molecule has 0 bridgehead atoms. The van der Waals surface area contributed by atoms with Crippen molar-refractivity contribution in [3.63, 3.8) is 0 Å². The summed E-state index contributed by atoms with van der Waals surface area (Å²) >= 11 is 5.86. The molecule has 1 aromatic heterocycles. The number of benzene rings is 1. The molecule has 1 aliphatic heterocycles. The van der Waals surface area contributed by atoms with Crippen molar-refractivity contribution in [2.24, 2.45) is 0 Å². The molecule has 1 saturated heterocycles. The molecule has 7 nitrogen and oxygen atoms in total. The van der Waals surface area contributed by atoms with E-state index >= 15 is 0 Å². The summed E-state index contributed by atoms with van der Waals surface area (Å²) in [6.45, 7) is 2.44. The third-order valence-corrected chi connectivity index (χ3v) is 7.72. The molecule has 0 atom stereocenters. The van der Waals surface area contributed by atoms with Gasteiger partial charge in [0.25, 0.3) is 0 Å². The summed E-state index contributed by atoms with van der Waals surface area (Å²) in [6.07, 6.45) is 5.80. The van der Waals surface area contributed by atoms with Crippen LogP contribution in [0.1, 0.15) is 18.4 Å². The summed E-state index contributed by atoms with van der Waals surface area (Å²) in [6, 6.07) is 10.5. The van der Waals surface area contributed by atoms with Crippen molar-refractivity contribution in [3.05, 3.63) is 59.4 Å². The van der Waals surface area contributed by atoms with Crippen LogP contribution < -0.4 is 0 Å². The molecule has 1 amide bonds. The van der Waals surface area contributed by atoms with Crippen LogP contribution >= 0.6 is 11.6 Å². The summed E-state index contributed by atoms with van der Waals surface area (Å²) in [7, 11) is -3.58. The first-order chi connectivity index (χ1) is 14.4. The highest BCUT2D eigenvalue weighted by Crippen LogP contribution is 2.28. The zero-order chi connectivity index (χ0) is 21.1. The smallest absolute Gasteiger partial charge is 0.243 e. The number of amides is 1. The average molecular weight is 449 g/mol. The van der Waals surface area contributed by atoms with Crippen molar-refractivity contribution in [1.29, 1.82) is 0 Å². The number of rotatable bonds is 7. The maximum absolute atomic E-state index is 12.9. The lowest BCUT2D eigenvalue weighted by Crippen LogP contribution is -2.52. The van der Waals surface area contributed by atoms with Crippen molar-refractivity contribution in [2.45, 2.75) is 30.3 Å². The lowest BCUT2D eigenvalue weighted by Gasteiger charge is -2.35. The number of nitrogens with zero attached hydrogens (tertiary/aromatic N) is 4. The fourth-order valence-corrected chi connectivity index (χ4v) is 5.24. The van der Waals surface area contributed by atoms with Crippen molar-refractivity contribution in [1.82, 2.24) is 19.1 Å². The Hall–Kier alpha value is -2.00. The van der Waals surface area contributed by atoms with E-state index in [2.05, 4.69) is 9.88 Å². The first-order valence-electron chi connectivity index (χ1n) is 10.1. The van der Waals surface area contributed by atoms with Gasteiger partial charge in [-0.3, -0.25) is 14.7 Å². The number of halogens is 1. The van der Waals surface area contributed by atoms with Crippen LogP contribution in [0.5, 0.6) is 0 Å². The van der Waals surface area contributed by atoms with E-state index in [0.717, 1.165) is 18.4 Å². The minimum Gasteiger partial charge on any atom is -0.339 e. The Balaban J connectivity index is 1.34. The highest BCUT2D eigenvalue weighted by atomic mass is 35.5. The zero-order valence-corrected chi connectivity index (χ0v) is 18.2. The molecule has 160 valence electrons. The topological polar surface area (TPSA) is 73.8 Å². The molecular formula is C21H25ClN4O3S. The third kappa shape index (κ3) is 5.00. The van der Waals surface area contributed by atoms with Crippen LogP contribution in [0.25, 0.3) is 0 Å². The minimum atomic E-state index is -3.58. The fraction of sp³-hybridized carbons (Fsp3) is 0.429. The molecule has 1 saturated carbocycles. The molecule has 2 aliphatic rings. The number of carbonyl (C=O) groups excluding carboxylic acids is 1. The lowest BCUT2D eigenvalue weighted by molar-refractivity contribution is -0.133. The van der Waals surface area contributed by atoms with E-state index in [9.17, 15) is 13.2 Å². The Kier molecular flexibility index (Phi) is 6.38. The fourth-order valence-electron chi connectivity index (χ4n) is 3.69. The quantitative estimate of drug-likeness (QED) is 0.649. The van der Waals surface area contributed by atoms with Crippen LogP contribution in [-0.2, 0) is 21.4 Å². The highest BCUT2D eigenvalue weighted by Gasteiger charge is 2.34. The summed E-state index contributed by atoms with van der Waals surface area (Å²) < 4.78 is 27.1. The first kappa shape index (κ1) is 21.2. The van der Waals surface area contributed by atoms with E-state index < -0.39 is 10.0 Å². The van der Waals surface area contributed by atoms with Crippen molar-refractivity contribution >= 4 is 27.5 Å². The Morgan fingerprint density at radius 2 is 1.80 bits per heavy atom. The molecule has 2 aromatic rings. The molecule has 30 heavy (non-hydrogen) atoms. The first-order valence-corrected chi connectivity index (χ1v) is 11.9. The second-order valence-corrected chi connectivity index (χ2v) is 10.1. The summed E-state index contributed by atoms with van der Waals surface area (Å²) in [4.78, 5) is 21.2. The number of pyridine rings is 1. The van der Waals surface area contributed by atoms with E-state index in [-0.39, 0.29) is 10.8 Å². The van der Waals surface area contributed by atoms with Crippen molar-refractivity contribution in [3.8, 4) is 0 Å². The minimum absolute atomic E-state index is 0.0503. The van der Waals surface area contributed by atoms with Gasteiger partial charge in [0.1, 0.15) is 0 Å². The second kappa shape index (κ2) is 9.01. The van der Waals surface area contributed by atoms with Gasteiger partial charge in [0.15, 0.2) is 0 Å². The normalized spacial score (nSPS) is 18.0. The lowest BCUT2D eigenvalue weighted by atomic mass is 10.2. The maximum Gasteiger partial charge on any atom is 0.243 e. The standard InChI is InChI=1S/C21H25ClN4O3S/c22-18-3-7-20(8-4-18)30(28,29)26-12-10-24(11-13-26)21(27)16-25(19-5-6-19)15-17-2-1-9-23-14-17/h1-4,7-9,14,19H,5-6,10-13,15-16H2. The van der Waals surface area contributed by atoms with Crippen LogP contribution in [-0.4, -0.2) is 72.2 Å². The van der Waals surface area contributed by atoms with Crippen LogP contribution in [0.15, 0.2) is 53.7 Å². The zero-order valence-electron chi connectivity index (χ0n) is 16.7. The van der Waals surface area contributed by atoms with Crippen LogP contribution in [0.4, 0.5) is 0 Å². The van der Waals surface area contributed by atoms with Gasteiger partial charge < -0.3 is 4.90 Å². The van der Waals surface area contributed by atoms with Gasteiger partial charge >= 0.3 is 0 Å². The van der Waals surface area contributed by atoms with Crippen LogP contribution in [0.2, 0.25) is 5.02 Å². The number of piperazine rings is 1. The predicted molar refractivity (Wildman–Crippen MR) is 114 cm³/mol. The molecule has 1 aromatic carbocycles. The summed E-state index contributed by atoms with van der Waals surface area (Å²) in [5.74, 6) is 0.0503. The molecular weight excluding hydrogens is 424 g/mol. The van der Waals surface area contributed by atoms with Crippen molar-refractivity contribution < 1.29 is 13.2 Å². The molecule has 9 heteroatoms. The van der Waals surface area contributed by atoms with E-state index in [0.29, 0.717) is 50.3 Å². The number of carbonyl (C=O) groups is 1. The number of hydrogen-bond donors (Lipinski definition) is 0. The maximum atomic E-state index is 12.9. The molecule has 4 rings (SSSR count). The SMILES string of the molecule is O=C(CN(Cc1cccnc1)C1CC1)N1CCN(S(=O)(=O)c2ccc(Cl)cc2)CC1. The highest BCUT2D eigenvalue weighted by molar-refractivity contribution is 7.89. The molecule has 0 N–H and O–H groups in total. The van der Waals surface area contributed by atoms with E-state index in [4.69, 9.17) is 11.6 Å². The van der Waals surface area contributed by atoms with Gasteiger partial charge in [0.2, 0.25) is 15.9 Å². The Bertz CT molecular complexity index is 973. The predicted octanol–water partition coefficient (Wildman–Crippen LogP) is 2.23. The molecule has 0 spiro atoms. The molecule has 0 radical (unpaired) electrons. The van der Waals surface area contributed by atoms with Gasteiger partial charge in [-0.05, 0) is 48.7 Å². The van der Waals surface area contributed by atoms with Gasteiger partial charge in [-0.2, -0.15) is 4.31 Å². The van der Waals surface area contributed by atoms with Crippen LogP contribution in [0.3, 0.4) is 0 Å². The molecule has 0 unspecified atom stereocenters. The molecule has 1 aliphatic carbocycles. The average Bonchev–Trinajstić information content (AvgIpc) is 3.60. The van der Waals surface area contributed by atoms with E-state index in [1.165, 1.54) is 16.4 Å². The second-order valence-electron chi connectivity index (χ2n) is 7.74. The molecule has 2 heterocycles. The monoisotopic (exact) mass is 448 g/mol. The van der Waals surface area contributed by atoms with Gasteiger partial charge in [0, 0.05) is 56.2 Å². The largest absolute Gasteiger partial charge is 0.339 e. The third-order valence-electron chi connectivity index (χ3n) is 5.55. The Labute approximate surface area is 182 Å². The number of hydrogen-bond acceptors (Lipinski definition) is 5. The van der Waals surface area contributed by atoms with E-state index in [1.54, 1.807) is 23.2 Å². The summed E-state index contributed by atoms with van der Waals surface area (Å²) in [5.41, 5.74) is 1.09. The van der Waals surface area contributed by atoms with Crippen LogP contribution in [0, 0.1) is 0 Å². The number of aromatic nitrogens is 1.